The molecule has 2 rings (SSSR count). The van der Waals surface area contributed by atoms with Gasteiger partial charge in [-0.05, 0) is 25.0 Å². The van der Waals surface area contributed by atoms with E-state index in [9.17, 15) is 17.2 Å². The normalized spacial score (nSPS) is 18.4. The summed E-state index contributed by atoms with van der Waals surface area (Å²) >= 11 is 0. The molecule has 1 aromatic carbocycles. The van der Waals surface area contributed by atoms with Gasteiger partial charge in [-0.25, -0.2) is 17.2 Å². The molecule has 0 bridgehead atoms. The molecular formula is C13H15ClF2O4S. The SMILES string of the molecule is O=S(=O)(Cl)CC1(COc2c(F)cccc2F)CCOCC1. The van der Waals surface area contributed by atoms with Crippen LogP contribution in [-0.4, -0.2) is 34.0 Å². The van der Waals surface area contributed by atoms with Crippen molar-refractivity contribution in [3.8, 4) is 5.75 Å². The van der Waals surface area contributed by atoms with Gasteiger partial charge in [0.2, 0.25) is 9.05 Å². The lowest BCUT2D eigenvalue weighted by Gasteiger charge is -2.35. The number of hydrogen-bond acceptors (Lipinski definition) is 4. The Balaban J connectivity index is 2.16. The maximum atomic E-state index is 13.5. The molecule has 1 saturated heterocycles. The summed E-state index contributed by atoms with van der Waals surface area (Å²) in [5.41, 5.74) is -0.798. The van der Waals surface area contributed by atoms with Crippen LogP contribution in [0.2, 0.25) is 0 Å². The van der Waals surface area contributed by atoms with Gasteiger partial charge in [0.1, 0.15) is 0 Å². The lowest BCUT2D eigenvalue weighted by Crippen LogP contribution is -2.40. The van der Waals surface area contributed by atoms with Crippen LogP contribution in [0, 0.1) is 17.0 Å². The van der Waals surface area contributed by atoms with Crippen molar-refractivity contribution in [3.63, 3.8) is 0 Å². The molecule has 0 N–H and O–H groups in total. The van der Waals surface area contributed by atoms with E-state index in [4.69, 9.17) is 20.2 Å². The smallest absolute Gasteiger partial charge is 0.233 e. The van der Waals surface area contributed by atoms with E-state index in [1.165, 1.54) is 6.07 Å². The van der Waals surface area contributed by atoms with Crippen LogP contribution in [-0.2, 0) is 13.8 Å². The van der Waals surface area contributed by atoms with Gasteiger partial charge in [0, 0.05) is 29.3 Å². The summed E-state index contributed by atoms with van der Waals surface area (Å²) in [6.45, 7) is 0.575. The Bertz CT molecular complexity index is 580. The fourth-order valence-corrected chi connectivity index (χ4v) is 4.14. The number of halogens is 3. The summed E-state index contributed by atoms with van der Waals surface area (Å²) in [6, 6.07) is 3.38. The minimum absolute atomic E-state index is 0.139. The molecule has 0 aliphatic carbocycles. The second-order valence-corrected chi connectivity index (χ2v) is 7.91. The van der Waals surface area contributed by atoms with Crippen molar-refractivity contribution in [2.45, 2.75) is 12.8 Å². The molecule has 0 spiro atoms. The fourth-order valence-electron chi connectivity index (χ4n) is 2.35. The third-order valence-corrected chi connectivity index (χ3v) is 4.76. The zero-order valence-electron chi connectivity index (χ0n) is 11.1. The first-order valence-corrected chi connectivity index (χ1v) is 8.86. The Morgan fingerprint density at radius 3 is 2.33 bits per heavy atom. The highest BCUT2D eigenvalue weighted by molar-refractivity contribution is 8.13. The number of para-hydroxylation sites is 1. The number of ether oxygens (including phenoxy) is 2. The van der Waals surface area contributed by atoms with Crippen LogP contribution < -0.4 is 4.74 Å². The highest BCUT2D eigenvalue weighted by Gasteiger charge is 2.38. The molecule has 118 valence electrons. The molecule has 1 aliphatic rings. The zero-order valence-corrected chi connectivity index (χ0v) is 12.7. The highest BCUT2D eigenvalue weighted by Crippen LogP contribution is 2.34. The van der Waals surface area contributed by atoms with Crippen LogP contribution in [0.3, 0.4) is 0 Å². The standard InChI is InChI=1S/C13H15ClF2O4S/c14-21(17,18)9-13(4-6-19-7-5-13)8-20-12-10(15)2-1-3-11(12)16/h1-3H,4-9H2. The first kappa shape index (κ1) is 16.5. The number of rotatable bonds is 5. The van der Waals surface area contributed by atoms with E-state index in [0.717, 1.165) is 12.1 Å². The topological polar surface area (TPSA) is 52.6 Å². The van der Waals surface area contributed by atoms with Crippen molar-refractivity contribution >= 4 is 19.7 Å². The minimum Gasteiger partial charge on any atom is -0.487 e. The average Bonchev–Trinajstić information content (AvgIpc) is 2.37. The first-order chi connectivity index (χ1) is 9.81. The fraction of sp³-hybridized carbons (Fsp3) is 0.538. The third kappa shape index (κ3) is 4.52. The second-order valence-electron chi connectivity index (χ2n) is 5.14. The Labute approximate surface area is 126 Å². The molecule has 1 aliphatic heterocycles. The minimum atomic E-state index is -3.76. The van der Waals surface area contributed by atoms with Crippen LogP contribution in [0.15, 0.2) is 18.2 Å². The monoisotopic (exact) mass is 340 g/mol. The van der Waals surface area contributed by atoms with Crippen molar-refractivity contribution in [2.24, 2.45) is 5.41 Å². The molecule has 0 saturated carbocycles. The molecular weight excluding hydrogens is 326 g/mol. The molecule has 0 amide bonds. The maximum Gasteiger partial charge on any atom is 0.233 e. The van der Waals surface area contributed by atoms with Crippen LogP contribution in [0.4, 0.5) is 8.78 Å². The summed E-state index contributed by atoms with van der Waals surface area (Å²) < 4.78 is 60.2. The average molecular weight is 341 g/mol. The molecule has 1 aromatic rings. The van der Waals surface area contributed by atoms with E-state index in [1.807, 2.05) is 0 Å². The second kappa shape index (κ2) is 6.46. The largest absolute Gasteiger partial charge is 0.487 e. The molecule has 0 unspecified atom stereocenters. The number of benzene rings is 1. The summed E-state index contributed by atoms with van der Waals surface area (Å²) in [4.78, 5) is 0. The van der Waals surface area contributed by atoms with Gasteiger partial charge in [-0.3, -0.25) is 0 Å². The van der Waals surface area contributed by atoms with Crippen molar-refractivity contribution in [3.05, 3.63) is 29.8 Å². The molecule has 0 radical (unpaired) electrons. The van der Waals surface area contributed by atoms with Gasteiger partial charge < -0.3 is 9.47 Å². The van der Waals surface area contributed by atoms with E-state index >= 15 is 0 Å². The van der Waals surface area contributed by atoms with Crippen LogP contribution >= 0.6 is 10.7 Å². The van der Waals surface area contributed by atoms with E-state index in [-0.39, 0.29) is 12.4 Å². The summed E-state index contributed by atoms with van der Waals surface area (Å²) in [5, 5.41) is 0. The third-order valence-electron chi connectivity index (χ3n) is 3.47. The quantitative estimate of drug-likeness (QED) is 0.773. The highest BCUT2D eigenvalue weighted by atomic mass is 35.7. The Kier molecular flexibility index (Phi) is 5.06. The molecule has 1 heterocycles. The van der Waals surface area contributed by atoms with Gasteiger partial charge in [-0.15, -0.1) is 0 Å². The molecule has 0 aromatic heterocycles. The van der Waals surface area contributed by atoms with Gasteiger partial charge >= 0.3 is 0 Å². The van der Waals surface area contributed by atoms with Crippen LogP contribution in [0.1, 0.15) is 12.8 Å². The van der Waals surface area contributed by atoms with E-state index < -0.39 is 31.8 Å². The van der Waals surface area contributed by atoms with Crippen molar-refractivity contribution in [2.75, 3.05) is 25.6 Å². The predicted molar refractivity (Wildman–Crippen MR) is 74.0 cm³/mol. The summed E-state index contributed by atoms with van der Waals surface area (Å²) in [5.74, 6) is -2.48. The van der Waals surface area contributed by atoms with Crippen molar-refractivity contribution in [1.29, 1.82) is 0 Å². The van der Waals surface area contributed by atoms with Gasteiger partial charge in [0.05, 0.1) is 12.4 Å². The summed E-state index contributed by atoms with van der Waals surface area (Å²) in [7, 11) is 1.57. The lowest BCUT2D eigenvalue weighted by atomic mass is 9.83. The van der Waals surface area contributed by atoms with Crippen LogP contribution in [0.25, 0.3) is 0 Å². The number of hydrogen-bond donors (Lipinski definition) is 0. The van der Waals surface area contributed by atoms with Crippen molar-refractivity contribution < 1.29 is 26.7 Å². The molecule has 4 nitrogen and oxygen atoms in total. The molecule has 0 atom stereocenters. The van der Waals surface area contributed by atoms with Gasteiger partial charge in [0.15, 0.2) is 17.4 Å². The van der Waals surface area contributed by atoms with Crippen LogP contribution in [0.5, 0.6) is 5.75 Å². The van der Waals surface area contributed by atoms with E-state index in [2.05, 4.69) is 0 Å². The van der Waals surface area contributed by atoms with Gasteiger partial charge in [-0.2, -0.15) is 0 Å². The molecule has 21 heavy (non-hydrogen) atoms. The predicted octanol–water partition coefficient (Wildman–Crippen LogP) is 2.71. The van der Waals surface area contributed by atoms with Gasteiger partial charge in [-0.1, -0.05) is 6.07 Å². The Morgan fingerprint density at radius 1 is 1.24 bits per heavy atom. The Morgan fingerprint density at radius 2 is 1.81 bits per heavy atom. The van der Waals surface area contributed by atoms with Crippen molar-refractivity contribution in [1.82, 2.24) is 0 Å². The van der Waals surface area contributed by atoms with E-state index in [1.54, 1.807) is 0 Å². The summed E-state index contributed by atoms with van der Waals surface area (Å²) in [6.07, 6.45) is 0.796. The van der Waals surface area contributed by atoms with Gasteiger partial charge in [0.25, 0.3) is 0 Å². The van der Waals surface area contributed by atoms with E-state index in [0.29, 0.717) is 26.1 Å². The first-order valence-electron chi connectivity index (χ1n) is 6.38. The molecule has 8 heteroatoms. The Hall–Kier alpha value is -0.920. The zero-order chi connectivity index (χ0) is 15.5. The molecule has 1 fully saturated rings. The lowest BCUT2D eigenvalue weighted by molar-refractivity contribution is 0.000926. The maximum absolute atomic E-state index is 13.5.